The highest BCUT2D eigenvalue weighted by atomic mass is 32.1. The third-order valence-electron chi connectivity index (χ3n) is 5.07. The predicted molar refractivity (Wildman–Crippen MR) is 118 cm³/mol. The molecule has 0 spiro atoms. The fourth-order valence-electron chi connectivity index (χ4n) is 3.37. The summed E-state index contributed by atoms with van der Waals surface area (Å²) in [7, 11) is 3.19. The van der Waals surface area contributed by atoms with E-state index in [9.17, 15) is 4.79 Å². The predicted octanol–water partition coefficient (Wildman–Crippen LogP) is 3.17. The standard InChI is InChI=1S/C22H24N4O4S/c1-28-17-7-5-16(14-18(17)29-2)6-8-21(27)26-11-9-25(10-12-26)15-20-23-22(30-24-20)19-4-3-13-31-19/h3-8,13-14H,9-12,15H2,1-2H3. The summed E-state index contributed by atoms with van der Waals surface area (Å²) in [6.45, 7) is 3.45. The Labute approximate surface area is 184 Å². The number of carbonyl (C=O) groups is 1. The van der Waals surface area contributed by atoms with Crippen LogP contribution in [0.1, 0.15) is 11.4 Å². The number of carbonyl (C=O) groups excluding carboxylic acids is 1. The third kappa shape index (κ3) is 5.12. The molecule has 1 aromatic carbocycles. The number of hydrogen-bond donors (Lipinski definition) is 0. The number of piperazine rings is 1. The number of thiophene rings is 1. The van der Waals surface area contributed by atoms with Gasteiger partial charge in [0.1, 0.15) is 0 Å². The van der Waals surface area contributed by atoms with Crippen molar-refractivity contribution in [2.75, 3.05) is 40.4 Å². The Hall–Kier alpha value is -3.17. The normalized spacial score (nSPS) is 14.8. The Morgan fingerprint density at radius 2 is 1.97 bits per heavy atom. The first-order chi connectivity index (χ1) is 15.2. The number of hydrogen-bond acceptors (Lipinski definition) is 8. The monoisotopic (exact) mass is 440 g/mol. The zero-order valence-corrected chi connectivity index (χ0v) is 18.3. The molecule has 1 fully saturated rings. The van der Waals surface area contributed by atoms with Crippen molar-refractivity contribution in [3.05, 3.63) is 53.2 Å². The Kier molecular flexibility index (Phi) is 6.63. The Morgan fingerprint density at radius 3 is 2.68 bits per heavy atom. The number of aromatic nitrogens is 2. The molecule has 0 unspecified atom stereocenters. The lowest BCUT2D eigenvalue weighted by molar-refractivity contribution is -0.127. The average molecular weight is 441 g/mol. The number of methoxy groups -OCH3 is 2. The first-order valence-electron chi connectivity index (χ1n) is 9.94. The molecule has 4 rings (SSSR count). The second-order valence-electron chi connectivity index (χ2n) is 7.04. The second-order valence-corrected chi connectivity index (χ2v) is 7.99. The van der Waals surface area contributed by atoms with Crippen molar-refractivity contribution in [1.82, 2.24) is 19.9 Å². The highest BCUT2D eigenvalue weighted by Gasteiger charge is 2.21. The second kappa shape index (κ2) is 9.76. The smallest absolute Gasteiger partial charge is 0.268 e. The Morgan fingerprint density at radius 1 is 1.16 bits per heavy atom. The van der Waals surface area contributed by atoms with Crippen LogP contribution in [0.25, 0.3) is 16.8 Å². The van der Waals surface area contributed by atoms with Gasteiger partial charge in [0.25, 0.3) is 5.89 Å². The molecule has 3 heterocycles. The van der Waals surface area contributed by atoms with Crippen LogP contribution in [0, 0.1) is 0 Å². The molecule has 3 aromatic rings. The van der Waals surface area contributed by atoms with Crippen molar-refractivity contribution in [3.63, 3.8) is 0 Å². The van der Waals surface area contributed by atoms with Gasteiger partial charge in [0, 0.05) is 32.3 Å². The van der Waals surface area contributed by atoms with Gasteiger partial charge in [-0.15, -0.1) is 11.3 Å². The van der Waals surface area contributed by atoms with Crippen molar-refractivity contribution in [2.24, 2.45) is 0 Å². The van der Waals surface area contributed by atoms with Crippen LogP contribution in [-0.4, -0.2) is 66.2 Å². The van der Waals surface area contributed by atoms with E-state index in [-0.39, 0.29) is 5.91 Å². The maximum Gasteiger partial charge on any atom is 0.268 e. The summed E-state index contributed by atoms with van der Waals surface area (Å²) < 4.78 is 15.9. The molecule has 1 aliphatic heterocycles. The van der Waals surface area contributed by atoms with Crippen LogP contribution in [0.2, 0.25) is 0 Å². The van der Waals surface area contributed by atoms with E-state index in [4.69, 9.17) is 14.0 Å². The minimum absolute atomic E-state index is 0.00558. The Balaban J connectivity index is 1.28. The molecule has 162 valence electrons. The first kappa shape index (κ1) is 21.1. The summed E-state index contributed by atoms with van der Waals surface area (Å²) in [6, 6.07) is 9.47. The lowest BCUT2D eigenvalue weighted by atomic mass is 10.2. The minimum Gasteiger partial charge on any atom is -0.493 e. The van der Waals surface area contributed by atoms with Crippen LogP contribution < -0.4 is 9.47 Å². The van der Waals surface area contributed by atoms with E-state index in [1.165, 1.54) is 0 Å². The Bertz CT molecular complexity index is 1040. The van der Waals surface area contributed by atoms with Gasteiger partial charge in [0.2, 0.25) is 5.91 Å². The molecular weight excluding hydrogens is 416 g/mol. The van der Waals surface area contributed by atoms with E-state index in [1.54, 1.807) is 37.7 Å². The summed E-state index contributed by atoms with van der Waals surface area (Å²) in [5, 5.41) is 6.06. The lowest BCUT2D eigenvalue weighted by Gasteiger charge is -2.33. The molecule has 0 aliphatic carbocycles. The van der Waals surface area contributed by atoms with E-state index >= 15 is 0 Å². The molecule has 1 aliphatic rings. The quantitative estimate of drug-likeness (QED) is 0.522. The molecule has 1 amide bonds. The van der Waals surface area contributed by atoms with Crippen LogP contribution in [-0.2, 0) is 11.3 Å². The van der Waals surface area contributed by atoms with Crippen molar-refractivity contribution in [3.8, 4) is 22.3 Å². The van der Waals surface area contributed by atoms with E-state index in [2.05, 4.69) is 15.0 Å². The first-order valence-corrected chi connectivity index (χ1v) is 10.8. The van der Waals surface area contributed by atoms with Crippen LogP contribution in [0.5, 0.6) is 11.5 Å². The highest BCUT2D eigenvalue weighted by Crippen LogP contribution is 2.28. The summed E-state index contributed by atoms with van der Waals surface area (Å²) in [5.74, 6) is 2.50. The van der Waals surface area contributed by atoms with Crippen LogP contribution >= 0.6 is 11.3 Å². The maximum atomic E-state index is 12.6. The van der Waals surface area contributed by atoms with Gasteiger partial charge >= 0.3 is 0 Å². The van der Waals surface area contributed by atoms with Gasteiger partial charge in [-0.2, -0.15) is 4.98 Å². The zero-order valence-electron chi connectivity index (χ0n) is 17.5. The maximum absolute atomic E-state index is 12.6. The zero-order chi connectivity index (χ0) is 21.6. The number of amides is 1. The number of benzene rings is 1. The number of rotatable bonds is 7. The van der Waals surface area contributed by atoms with E-state index in [1.807, 2.05) is 40.6 Å². The van der Waals surface area contributed by atoms with E-state index in [0.29, 0.717) is 42.8 Å². The summed E-state index contributed by atoms with van der Waals surface area (Å²) in [5.41, 5.74) is 0.878. The molecule has 1 saturated heterocycles. The van der Waals surface area contributed by atoms with Crippen molar-refractivity contribution >= 4 is 23.3 Å². The van der Waals surface area contributed by atoms with Crippen LogP contribution in [0.15, 0.2) is 46.3 Å². The van der Waals surface area contributed by atoms with Gasteiger partial charge in [-0.3, -0.25) is 9.69 Å². The van der Waals surface area contributed by atoms with Crippen molar-refractivity contribution in [1.29, 1.82) is 0 Å². The number of nitrogens with zero attached hydrogens (tertiary/aromatic N) is 4. The molecule has 0 bridgehead atoms. The van der Waals surface area contributed by atoms with Gasteiger partial charge < -0.3 is 18.9 Å². The van der Waals surface area contributed by atoms with E-state index < -0.39 is 0 Å². The molecule has 0 atom stereocenters. The lowest BCUT2D eigenvalue weighted by Crippen LogP contribution is -2.47. The molecule has 0 saturated carbocycles. The summed E-state index contributed by atoms with van der Waals surface area (Å²) in [6.07, 6.45) is 3.39. The van der Waals surface area contributed by atoms with Gasteiger partial charge in [-0.05, 0) is 35.2 Å². The molecule has 0 radical (unpaired) electrons. The molecular formula is C22H24N4O4S. The van der Waals surface area contributed by atoms with Crippen molar-refractivity contribution < 1.29 is 18.8 Å². The van der Waals surface area contributed by atoms with Gasteiger partial charge in [-0.25, -0.2) is 0 Å². The third-order valence-corrected chi connectivity index (χ3v) is 5.93. The number of ether oxygens (including phenoxy) is 2. The highest BCUT2D eigenvalue weighted by molar-refractivity contribution is 7.13. The summed E-state index contributed by atoms with van der Waals surface area (Å²) in [4.78, 5) is 22.1. The topological polar surface area (TPSA) is 80.9 Å². The van der Waals surface area contributed by atoms with Crippen molar-refractivity contribution in [2.45, 2.75) is 6.54 Å². The average Bonchev–Trinajstić information content (AvgIpc) is 3.50. The molecule has 9 heteroatoms. The molecule has 0 N–H and O–H groups in total. The largest absolute Gasteiger partial charge is 0.493 e. The molecule has 2 aromatic heterocycles. The summed E-state index contributed by atoms with van der Waals surface area (Å²) >= 11 is 1.57. The van der Waals surface area contributed by atoms with Gasteiger partial charge in [-0.1, -0.05) is 17.3 Å². The molecule has 8 nitrogen and oxygen atoms in total. The van der Waals surface area contributed by atoms with Gasteiger partial charge in [0.05, 0.1) is 25.6 Å². The van der Waals surface area contributed by atoms with Crippen LogP contribution in [0.3, 0.4) is 0 Å². The SMILES string of the molecule is COc1ccc(C=CC(=O)N2CCN(Cc3noc(-c4cccs4)n3)CC2)cc1OC. The molecule has 31 heavy (non-hydrogen) atoms. The fourth-order valence-corrected chi connectivity index (χ4v) is 4.02. The minimum atomic E-state index is -0.00558. The van der Waals surface area contributed by atoms with E-state index in [0.717, 1.165) is 23.5 Å². The van der Waals surface area contributed by atoms with Crippen LogP contribution in [0.4, 0.5) is 0 Å². The van der Waals surface area contributed by atoms with Gasteiger partial charge in [0.15, 0.2) is 17.3 Å². The fraction of sp³-hybridized carbons (Fsp3) is 0.318.